The van der Waals surface area contributed by atoms with Crippen molar-refractivity contribution in [1.82, 2.24) is 0 Å². The Kier molecular flexibility index (Phi) is 6.44. The van der Waals surface area contributed by atoms with Gasteiger partial charge in [0.1, 0.15) is 5.75 Å². The Morgan fingerprint density at radius 3 is 2.41 bits per heavy atom. The molecule has 3 heteroatoms. The standard InChI is InChI=1S/C26H26NOP/c28-26-21(18-20-10-3-1-4-11-20)13-9-17-25(26)29-24-16-8-7-12-22(24)19-27-23-14-5-2-6-15-23/h1-10,12-17,20,27-29H,11,18-19H2. The number of rotatable bonds is 7. The number of anilines is 1. The lowest BCUT2D eigenvalue weighted by molar-refractivity contribution is 0.467. The molecule has 0 spiro atoms. The summed E-state index contributed by atoms with van der Waals surface area (Å²) in [5, 5.41) is 16.7. The van der Waals surface area contributed by atoms with Crippen molar-refractivity contribution in [3.8, 4) is 5.75 Å². The molecule has 0 radical (unpaired) electrons. The summed E-state index contributed by atoms with van der Waals surface area (Å²) in [6, 6.07) is 24.9. The fraction of sp³-hybridized carbons (Fsp3) is 0.154. The third kappa shape index (κ3) is 5.16. The highest BCUT2D eigenvalue weighted by Crippen LogP contribution is 2.27. The Morgan fingerprint density at radius 1 is 0.828 bits per heavy atom. The summed E-state index contributed by atoms with van der Waals surface area (Å²) in [6.45, 7) is 0.771. The second-order valence-electron chi connectivity index (χ2n) is 7.33. The van der Waals surface area contributed by atoms with E-state index in [4.69, 9.17) is 0 Å². The number of nitrogens with one attached hydrogen (secondary N) is 1. The lowest BCUT2D eigenvalue weighted by Gasteiger charge is -2.17. The van der Waals surface area contributed by atoms with Crippen LogP contribution in [0.1, 0.15) is 17.5 Å². The van der Waals surface area contributed by atoms with E-state index in [0.717, 1.165) is 35.9 Å². The maximum Gasteiger partial charge on any atom is 0.126 e. The van der Waals surface area contributed by atoms with E-state index in [0.29, 0.717) is 20.2 Å². The minimum Gasteiger partial charge on any atom is -0.507 e. The van der Waals surface area contributed by atoms with Gasteiger partial charge in [0, 0.05) is 17.5 Å². The van der Waals surface area contributed by atoms with Crippen molar-refractivity contribution in [1.29, 1.82) is 0 Å². The maximum atomic E-state index is 10.9. The van der Waals surface area contributed by atoms with Crippen molar-refractivity contribution in [3.05, 3.63) is 108 Å². The number of allylic oxidation sites excluding steroid dienone is 4. The van der Waals surface area contributed by atoms with E-state index < -0.39 is 0 Å². The van der Waals surface area contributed by atoms with Crippen molar-refractivity contribution in [2.45, 2.75) is 19.4 Å². The van der Waals surface area contributed by atoms with Crippen LogP contribution in [0.25, 0.3) is 0 Å². The molecule has 0 aromatic heterocycles. The minimum atomic E-state index is 0.428. The van der Waals surface area contributed by atoms with Crippen LogP contribution in [0, 0.1) is 5.92 Å². The molecule has 29 heavy (non-hydrogen) atoms. The van der Waals surface area contributed by atoms with Gasteiger partial charge in [0.2, 0.25) is 0 Å². The van der Waals surface area contributed by atoms with Crippen LogP contribution in [0.2, 0.25) is 0 Å². The van der Waals surface area contributed by atoms with Gasteiger partial charge in [0.15, 0.2) is 0 Å². The molecule has 2 N–H and O–H groups in total. The first-order valence-electron chi connectivity index (χ1n) is 10.1. The molecular formula is C26H26NOP. The smallest absolute Gasteiger partial charge is 0.126 e. The average Bonchev–Trinajstić information content (AvgIpc) is 2.77. The number of para-hydroxylation sites is 2. The quantitative estimate of drug-likeness (QED) is 0.528. The second kappa shape index (κ2) is 9.58. The Bertz CT molecular complexity index is 1010. The highest BCUT2D eigenvalue weighted by Gasteiger charge is 2.13. The van der Waals surface area contributed by atoms with E-state index in [2.05, 4.69) is 84.2 Å². The van der Waals surface area contributed by atoms with Gasteiger partial charge in [0.05, 0.1) is 0 Å². The predicted octanol–water partition coefficient (Wildman–Crippen LogP) is 5.31. The Morgan fingerprint density at radius 2 is 1.59 bits per heavy atom. The number of phenolic OH excluding ortho intramolecular Hbond substituents is 1. The van der Waals surface area contributed by atoms with Crippen molar-refractivity contribution in [3.63, 3.8) is 0 Å². The summed E-state index contributed by atoms with van der Waals surface area (Å²) < 4.78 is 0. The summed E-state index contributed by atoms with van der Waals surface area (Å²) in [4.78, 5) is 0. The van der Waals surface area contributed by atoms with Gasteiger partial charge in [-0.15, -0.1) is 0 Å². The Hall–Kier alpha value is -2.83. The maximum absolute atomic E-state index is 10.9. The van der Waals surface area contributed by atoms with Gasteiger partial charge < -0.3 is 10.4 Å². The number of benzene rings is 3. The lowest BCUT2D eigenvalue weighted by Crippen LogP contribution is -2.13. The van der Waals surface area contributed by atoms with Gasteiger partial charge in [-0.05, 0) is 47.3 Å². The van der Waals surface area contributed by atoms with Gasteiger partial charge >= 0.3 is 0 Å². The Balaban J connectivity index is 1.50. The van der Waals surface area contributed by atoms with Crippen LogP contribution in [0.4, 0.5) is 5.69 Å². The Labute approximate surface area is 174 Å². The molecule has 146 valence electrons. The molecule has 0 amide bonds. The summed E-state index contributed by atoms with van der Waals surface area (Å²) in [7, 11) is 0.428. The van der Waals surface area contributed by atoms with Crippen LogP contribution in [0.5, 0.6) is 5.75 Å². The van der Waals surface area contributed by atoms with E-state index in [-0.39, 0.29) is 0 Å². The van der Waals surface area contributed by atoms with Crippen molar-refractivity contribution >= 4 is 24.9 Å². The summed E-state index contributed by atoms with van der Waals surface area (Å²) in [5.74, 6) is 0.923. The first-order valence-corrected chi connectivity index (χ1v) is 11.1. The van der Waals surface area contributed by atoms with Gasteiger partial charge in [-0.25, -0.2) is 0 Å². The van der Waals surface area contributed by atoms with Crippen LogP contribution < -0.4 is 15.9 Å². The number of phenols is 1. The normalized spacial score (nSPS) is 15.8. The monoisotopic (exact) mass is 399 g/mol. The second-order valence-corrected chi connectivity index (χ2v) is 8.66. The summed E-state index contributed by atoms with van der Waals surface area (Å²) >= 11 is 0. The number of aromatic hydroxyl groups is 1. The molecule has 0 bridgehead atoms. The SMILES string of the molecule is Oc1c(CC2C=CC=CC2)cccc1Pc1ccccc1CNc1ccccc1. The van der Waals surface area contributed by atoms with Crippen LogP contribution in [-0.2, 0) is 13.0 Å². The zero-order chi connectivity index (χ0) is 19.9. The molecule has 0 fully saturated rings. The third-order valence-corrected chi connectivity index (χ3v) is 6.64. The van der Waals surface area contributed by atoms with Crippen molar-refractivity contribution < 1.29 is 5.11 Å². The summed E-state index contributed by atoms with van der Waals surface area (Å²) in [6.07, 6.45) is 10.5. The van der Waals surface area contributed by atoms with E-state index in [9.17, 15) is 5.11 Å². The first-order chi connectivity index (χ1) is 14.3. The van der Waals surface area contributed by atoms with E-state index in [1.165, 1.54) is 10.9 Å². The molecule has 4 rings (SSSR count). The molecule has 0 aliphatic heterocycles. The van der Waals surface area contributed by atoms with Crippen LogP contribution in [-0.4, -0.2) is 5.11 Å². The van der Waals surface area contributed by atoms with Crippen molar-refractivity contribution in [2.75, 3.05) is 5.32 Å². The molecular weight excluding hydrogens is 373 g/mol. The lowest BCUT2D eigenvalue weighted by atomic mass is 9.93. The molecule has 1 aliphatic rings. The van der Waals surface area contributed by atoms with Gasteiger partial charge in [0.25, 0.3) is 0 Å². The topological polar surface area (TPSA) is 32.3 Å². The van der Waals surface area contributed by atoms with Crippen LogP contribution in [0.3, 0.4) is 0 Å². The highest BCUT2D eigenvalue weighted by atomic mass is 31.1. The van der Waals surface area contributed by atoms with Gasteiger partial charge in [-0.3, -0.25) is 0 Å². The molecule has 0 heterocycles. The average molecular weight is 399 g/mol. The summed E-state index contributed by atoms with van der Waals surface area (Å²) in [5.41, 5.74) is 3.42. The van der Waals surface area contributed by atoms with Crippen LogP contribution >= 0.6 is 8.58 Å². The zero-order valence-electron chi connectivity index (χ0n) is 16.4. The fourth-order valence-corrected chi connectivity index (χ4v) is 4.88. The van der Waals surface area contributed by atoms with Crippen molar-refractivity contribution in [2.24, 2.45) is 5.92 Å². The third-order valence-electron chi connectivity index (χ3n) is 5.21. The number of hydrogen-bond donors (Lipinski definition) is 2. The van der Waals surface area contributed by atoms with E-state index >= 15 is 0 Å². The fourth-order valence-electron chi connectivity index (χ4n) is 3.62. The largest absolute Gasteiger partial charge is 0.507 e. The molecule has 3 aromatic carbocycles. The van der Waals surface area contributed by atoms with Gasteiger partial charge in [-0.1, -0.05) is 93.5 Å². The zero-order valence-corrected chi connectivity index (χ0v) is 17.4. The number of hydrogen-bond acceptors (Lipinski definition) is 2. The first kappa shape index (κ1) is 19.5. The van der Waals surface area contributed by atoms with E-state index in [1.807, 2.05) is 18.2 Å². The minimum absolute atomic E-state index is 0.428. The predicted molar refractivity (Wildman–Crippen MR) is 126 cm³/mol. The molecule has 3 aromatic rings. The molecule has 1 aliphatic carbocycles. The molecule has 2 unspecified atom stereocenters. The van der Waals surface area contributed by atoms with E-state index in [1.54, 1.807) is 0 Å². The molecule has 0 saturated carbocycles. The molecule has 2 nitrogen and oxygen atoms in total. The van der Waals surface area contributed by atoms with Gasteiger partial charge in [-0.2, -0.15) is 0 Å². The molecule has 0 saturated heterocycles. The molecule has 2 atom stereocenters. The van der Waals surface area contributed by atoms with Crippen LogP contribution in [0.15, 0.2) is 97.1 Å². The highest BCUT2D eigenvalue weighted by molar-refractivity contribution is 7.55.